The Labute approximate surface area is 116 Å². The van der Waals surface area contributed by atoms with Crippen molar-refractivity contribution in [3.8, 4) is 5.75 Å². The Morgan fingerprint density at radius 2 is 2.16 bits per heavy atom. The number of carbonyl (C=O) groups excluding carboxylic acids is 1. The summed E-state index contributed by atoms with van der Waals surface area (Å²) in [6.45, 7) is 1.83. The summed E-state index contributed by atoms with van der Waals surface area (Å²) in [6.07, 6.45) is -4.76. The van der Waals surface area contributed by atoms with Gasteiger partial charge in [-0.2, -0.15) is 0 Å². The molecule has 0 bridgehead atoms. The first-order valence-corrected chi connectivity index (χ1v) is 6.08. The first-order chi connectivity index (χ1) is 8.73. The van der Waals surface area contributed by atoms with Crippen LogP contribution in [0.5, 0.6) is 5.75 Å². The van der Waals surface area contributed by atoms with Gasteiger partial charge in [0.2, 0.25) is 5.91 Å². The Morgan fingerprint density at radius 1 is 1.53 bits per heavy atom. The first kappa shape index (κ1) is 15.8. The molecule has 0 aliphatic carbocycles. The van der Waals surface area contributed by atoms with Crippen molar-refractivity contribution in [2.24, 2.45) is 11.7 Å². The molecule has 19 heavy (non-hydrogen) atoms. The number of benzene rings is 1. The number of carbonyl (C=O) groups is 1. The van der Waals surface area contributed by atoms with Gasteiger partial charge in [-0.15, -0.1) is 13.2 Å². The Hall–Kier alpha value is -1.28. The molecule has 8 heteroatoms. The number of halogens is 4. The minimum absolute atomic E-state index is 0.0861. The number of amides is 1. The lowest BCUT2D eigenvalue weighted by Gasteiger charge is -2.13. The van der Waals surface area contributed by atoms with Crippen LogP contribution in [0.2, 0.25) is 0 Å². The van der Waals surface area contributed by atoms with Crippen molar-refractivity contribution >= 4 is 27.5 Å². The maximum atomic E-state index is 12.1. The number of anilines is 1. The van der Waals surface area contributed by atoms with Crippen LogP contribution < -0.4 is 15.8 Å². The third kappa shape index (κ3) is 5.07. The quantitative estimate of drug-likeness (QED) is 0.885. The van der Waals surface area contributed by atoms with Crippen molar-refractivity contribution in [1.82, 2.24) is 0 Å². The van der Waals surface area contributed by atoms with Gasteiger partial charge in [-0.25, -0.2) is 0 Å². The van der Waals surface area contributed by atoms with Gasteiger partial charge in [0.1, 0.15) is 5.75 Å². The molecule has 0 aliphatic heterocycles. The summed E-state index contributed by atoms with van der Waals surface area (Å²) in [6, 6.07) is 3.75. The van der Waals surface area contributed by atoms with Crippen LogP contribution in [-0.4, -0.2) is 18.8 Å². The molecule has 0 fully saturated rings. The van der Waals surface area contributed by atoms with Crippen molar-refractivity contribution in [2.75, 3.05) is 11.9 Å². The third-order valence-corrected chi connectivity index (χ3v) is 2.85. The molecule has 4 nitrogen and oxygen atoms in total. The van der Waals surface area contributed by atoms with Crippen LogP contribution in [0.15, 0.2) is 22.7 Å². The van der Waals surface area contributed by atoms with Crippen molar-refractivity contribution in [3.63, 3.8) is 0 Å². The summed E-state index contributed by atoms with van der Waals surface area (Å²) in [5.74, 6) is -1.07. The van der Waals surface area contributed by atoms with Crippen LogP contribution in [0.25, 0.3) is 0 Å². The van der Waals surface area contributed by atoms with Gasteiger partial charge < -0.3 is 15.8 Å². The summed E-state index contributed by atoms with van der Waals surface area (Å²) in [4.78, 5) is 11.6. The summed E-state index contributed by atoms with van der Waals surface area (Å²) in [5.41, 5.74) is 5.69. The highest BCUT2D eigenvalue weighted by molar-refractivity contribution is 9.10. The van der Waals surface area contributed by atoms with E-state index in [1.165, 1.54) is 12.1 Å². The largest absolute Gasteiger partial charge is 0.573 e. The van der Waals surface area contributed by atoms with Crippen LogP contribution in [0.3, 0.4) is 0 Å². The summed E-state index contributed by atoms with van der Waals surface area (Å²) in [7, 11) is 0. The van der Waals surface area contributed by atoms with Crippen LogP contribution >= 0.6 is 15.9 Å². The molecule has 3 N–H and O–H groups in total. The van der Waals surface area contributed by atoms with E-state index in [0.717, 1.165) is 6.07 Å². The van der Waals surface area contributed by atoms with Gasteiger partial charge in [-0.3, -0.25) is 4.79 Å². The molecule has 0 saturated carbocycles. The fourth-order valence-corrected chi connectivity index (χ4v) is 1.62. The molecule has 1 atom stereocenters. The molecule has 0 aromatic heterocycles. The number of nitrogens with two attached hydrogens (primary N) is 1. The average Bonchev–Trinajstić information content (AvgIpc) is 2.30. The maximum absolute atomic E-state index is 12.1. The Morgan fingerprint density at radius 3 is 2.63 bits per heavy atom. The number of rotatable bonds is 4. The van der Waals surface area contributed by atoms with E-state index in [-0.39, 0.29) is 28.6 Å². The second-order valence-electron chi connectivity index (χ2n) is 3.82. The van der Waals surface area contributed by atoms with Crippen LogP contribution in [0, 0.1) is 5.92 Å². The fourth-order valence-electron chi connectivity index (χ4n) is 1.16. The molecule has 0 spiro atoms. The van der Waals surface area contributed by atoms with Gasteiger partial charge in [-0.05, 0) is 34.1 Å². The SMILES string of the molecule is CC(CN)C(=O)Nc1ccc(OC(F)(F)F)c(Br)c1. The molecular formula is C11H12BrF3N2O2. The molecule has 1 aromatic rings. The van der Waals surface area contributed by atoms with Crippen molar-refractivity contribution in [1.29, 1.82) is 0 Å². The van der Waals surface area contributed by atoms with E-state index in [2.05, 4.69) is 26.0 Å². The second kappa shape index (κ2) is 6.25. The van der Waals surface area contributed by atoms with E-state index in [1.807, 2.05) is 0 Å². The molecular weight excluding hydrogens is 329 g/mol. The predicted octanol–water partition coefficient (Wildman–Crippen LogP) is 2.88. The van der Waals surface area contributed by atoms with Crippen molar-refractivity contribution < 1.29 is 22.7 Å². The lowest BCUT2D eigenvalue weighted by atomic mass is 10.1. The van der Waals surface area contributed by atoms with E-state index in [9.17, 15) is 18.0 Å². The van der Waals surface area contributed by atoms with Gasteiger partial charge >= 0.3 is 6.36 Å². The van der Waals surface area contributed by atoms with Crippen LogP contribution in [0.1, 0.15) is 6.92 Å². The van der Waals surface area contributed by atoms with Crippen molar-refractivity contribution in [3.05, 3.63) is 22.7 Å². The monoisotopic (exact) mass is 340 g/mol. The fraction of sp³-hybridized carbons (Fsp3) is 0.364. The number of nitrogens with one attached hydrogen (secondary N) is 1. The van der Waals surface area contributed by atoms with E-state index in [1.54, 1.807) is 6.92 Å². The zero-order valence-corrected chi connectivity index (χ0v) is 11.5. The summed E-state index contributed by atoms with van der Waals surface area (Å²) >= 11 is 2.94. The molecule has 1 aromatic carbocycles. The smallest absolute Gasteiger partial charge is 0.405 e. The molecule has 0 radical (unpaired) electrons. The van der Waals surface area contributed by atoms with Gasteiger partial charge in [0, 0.05) is 18.2 Å². The molecule has 0 saturated heterocycles. The lowest BCUT2D eigenvalue weighted by Crippen LogP contribution is -2.26. The average molecular weight is 341 g/mol. The van der Waals surface area contributed by atoms with Gasteiger partial charge in [0.25, 0.3) is 0 Å². The number of alkyl halides is 3. The van der Waals surface area contributed by atoms with Crippen LogP contribution in [0.4, 0.5) is 18.9 Å². The first-order valence-electron chi connectivity index (χ1n) is 5.29. The van der Waals surface area contributed by atoms with E-state index < -0.39 is 6.36 Å². The maximum Gasteiger partial charge on any atom is 0.573 e. The van der Waals surface area contributed by atoms with E-state index in [0.29, 0.717) is 5.69 Å². The lowest BCUT2D eigenvalue weighted by molar-refractivity contribution is -0.274. The standard InChI is InChI=1S/C11H12BrF3N2O2/c1-6(5-16)10(18)17-7-2-3-9(8(12)4-7)19-11(13,14)15/h2-4,6H,5,16H2,1H3,(H,17,18). The van der Waals surface area contributed by atoms with E-state index >= 15 is 0 Å². The highest BCUT2D eigenvalue weighted by Crippen LogP contribution is 2.32. The van der Waals surface area contributed by atoms with Gasteiger partial charge in [0.15, 0.2) is 0 Å². The minimum Gasteiger partial charge on any atom is -0.405 e. The summed E-state index contributed by atoms with van der Waals surface area (Å²) in [5, 5.41) is 2.54. The molecule has 1 amide bonds. The van der Waals surface area contributed by atoms with Crippen molar-refractivity contribution in [2.45, 2.75) is 13.3 Å². The summed E-state index contributed by atoms with van der Waals surface area (Å²) < 4.78 is 40.0. The zero-order valence-electron chi connectivity index (χ0n) is 9.92. The topological polar surface area (TPSA) is 64.4 Å². The number of hydrogen-bond acceptors (Lipinski definition) is 3. The molecule has 1 rings (SSSR count). The van der Waals surface area contributed by atoms with Crippen LogP contribution in [-0.2, 0) is 4.79 Å². The van der Waals surface area contributed by atoms with Gasteiger partial charge in [-0.1, -0.05) is 6.92 Å². The number of ether oxygens (including phenoxy) is 1. The molecule has 0 aliphatic rings. The third-order valence-electron chi connectivity index (χ3n) is 2.23. The Kier molecular flexibility index (Phi) is 5.19. The predicted molar refractivity (Wildman–Crippen MR) is 67.7 cm³/mol. The minimum atomic E-state index is -4.76. The second-order valence-corrected chi connectivity index (χ2v) is 4.67. The molecule has 0 heterocycles. The highest BCUT2D eigenvalue weighted by Gasteiger charge is 2.32. The molecule has 1 unspecified atom stereocenters. The zero-order chi connectivity index (χ0) is 14.6. The van der Waals surface area contributed by atoms with E-state index in [4.69, 9.17) is 5.73 Å². The Bertz CT molecular complexity index is 466. The normalized spacial score (nSPS) is 12.9. The number of hydrogen-bond donors (Lipinski definition) is 2. The Balaban J connectivity index is 2.80. The molecule has 106 valence electrons. The van der Waals surface area contributed by atoms with Gasteiger partial charge in [0.05, 0.1) is 4.47 Å². The highest BCUT2D eigenvalue weighted by atomic mass is 79.9.